The molecule has 1 aliphatic rings. The van der Waals surface area contributed by atoms with Gasteiger partial charge in [-0.3, -0.25) is 4.79 Å². The first-order valence-electron chi connectivity index (χ1n) is 5.90. The summed E-state index contributed by atoms with van der Waals surface area (Å²) in [5.74, 6) is 0.829. The van der Waals surface area contributed by atoms with E-state index >= 15 is 0 Å². The molecule has 2 rings (SSSR count). The van der Waals surface area contributed by atoms with Crippen LogP contribution in [0.4, 0.5) is 5.69 Å². The fourth-order valence-corrected chi connectivity index (χ4v) is 1.81. The van der Waals surface area contributed by atoms with E-state index < -0.39 is 0 Å². The van der Waals surface area contributed by atoms with Crippen molar-refractivity contribution in [3.63, 3.8) is 0 Å². The number of para-hydroxylation sites is 1. The number of hydrogen-bond donors (Lipinski definition) is 2. The van der Waals surface area contributed by atoms with Gasteiger partial charge in [0.2, 0.25) is 5.91 Å². The molecule has 16 heavy (non-hydrogen) atoms. The topological polar surface area (TPSA) is 41.1 Å². The first kappa shape index (κ1) is 11.1. The van der Waals surface area contributed by atoms with Crippen LogP contribution in [0.5, 0.6) is 0 Å². The van der Waals surface area contributed by atoms with Crippen molar-refractivity contribution in [1.82, 2.24) is 5.32 Å². The van der Waals surface area contributed by atoms with Gasteiger partial charge in [0.25, 0.3) is 0 Å². The zero-order chi connectivity index (χ0) is 11.2. The average molecular weight is 218 g/mol. The minimum absolute atomic E-state index is 0.0329. The molecule has 86 valence electrons. The van der Waals surface area contributed by atoms with Crippen LogP contribution in [-0.4, -0.2) is 19.0 Å². The standard InChI is InChI=1S/C13H18N2O/c16-13(10-14-9-11-5-4-6-11)15-12-7-2-1-3-8-12/h1-3,7-8,11,14H,4-6,9-10H2,(H,15,16). The van der Waals surface area contributed by atoms with Gasteiger partial charge >= 0.3 is 0 Å². The van der Waals surface area contributed by atoms with Crippen molar-refractivity contribution in [2.75, 3.05) is 18.4 Å². The van der Waals surface area contributed by atoms with Gasteiger partial charge in [0.05, 0.1) is 6.54 Å². The number of carbonyl (C=O) groups is 1. The lowest BCUT2D eigenvalue weighted by Crippen LogP contribution is -2.33. The molecule has 1 amide bonds. The number of rotatable bonds is 5. The first-order valence-corrected chi connectivity index (χ1v) is 5.90. The SMILES string of the molecule is O=C(CNCC1CCC1)Nc1ccccc1. The molecule has 3 nitrogen and oxygen atoms in total. The lowest BCUT2D eigenvalue weighted by atomic mass is 9.85. The minimum Gasteiger partial charge on any atom is -0.325 e. The van der Waals surface area contributed by atoms with Crippen LogP contribution in [0.25, 0.3) is 0 Å². The highest BCUT2D eigenvalue weighted by Crippen LogP contribution is 2.24. The molecule has 1 aliphatic carbocycles. The largest absolute Gasteiger partial charge is 0.325 e. The molecule has 2 N–H and O–H groups in total. The molecule has 0 spiro atoms. The Labute approximate surface area is 96.2 Å². The second-order valence-corrected chi connectivity index (χ2v) is 4.34. The maximum absolute atomic E-state index is 11.5. The number of nitrogens with one attached hydrogen (secondary N) is 2. The third-order valence-electron chi connectivity index (χ3n) is 3.00. The fourth-order valence-electron chi connectivity index (χ4n) is 1.81. The summed E-state index contributed by atoms with van der Waals surface area (Å²) in [7, 11) is 0. The van der Waals surface area contributed by atoms with Crippen molar-refractivity contribution < 1.29 is 4.79 Å². The van der Waals surface area contributed by atoms with Crippen LogP contribution >= 0.6 is 0 Å². The van der Waals surface area contributed by atoms with E-state index in [2.05, 4.69) is 10.6 Å². The summed E-state index contributed by atoms with van der Waals surface area (Å²) in [4.78, 5) is 11.5. The predicted octanol–water partition coefficient (Wildman–Crippen LogP) is 2.01. The molecule has 0 heterocycles. The highest BCUT2D eigenvalue weighted by Gasteiger charge is 2.16. The Morgan fingerprint density at radius 3 is 2.62 bits per heavy atom. The molecular formula is C13H18N2O. The highest BCUT2D eigenvalue weighted by atomic mass is 16.1. The molecule has 1 fully saturated rings. The third-order valence-corrected chi connectivity index (χ3v) is 3.00. The maximum Gasteiger partial charge on any atom is 0.238 e. The van der Waals surface area contributed by atoms with Gasteiger partial charge in [-0.2, -0.15) is 0 Å². The molecule has 1 aromatic carbocycles. The van der Waals surface area contributed by atoms with Gasteiger partial charge in [-0.1, -0.05) is 24.6 Å². The summed E-state index contributed by atoms with van der Waals surface area (Å²) >= 11 is 0. The van der Waals surface area contributed by atoms with Crippen LogP contribution < -0.4 is 10.6 Å². The van der Waals surface area contributed by atoms with Crippen LogP contribution in [0.2, 0.25) is 0 Å². The van der Waals surface area contributed by atoms with Gasteiger partial charge in [-0.05, 0) is 37.4 Å². The second-order valence-electron chi connectivity index (χ2n) is 4.34. The van der Waals surface area contributed by atoms with Crippen LogP contribution in [0.15, 0.2) is 30.3 Å². The van der Waals surface area contributed by atoms with E-state index in [1.165, 1.54) is 19.3 Å². The Morgan fingerprint density at radius 2 is 2.00 bits per heavy atom. The molecule has 3 heteroatoms. The Hall–Kier alpha value is -1.35. The normalized spacial score (nSPS) is 15.5. The van der Waals surface area contributed by atoms with Gasteiger partial charge in [0, 0.05) is 5.69 Å². The van der Waals surface area contributed by atoms with E-state index in [9.17, 15) is 4.79 Å². The molecule has 1 saturated carbocycles. The second kappa shape index (κ2) is 5.66. The average Bonchev–Trinajstić information content (AvgIpc) is 2.23. The molecular weight excluding hydrogens is 200 g/mol. The molecule has 0 aromatic heterocycles. The molecule has 0 radical (unpaired) electrons. The number of benzene rings is 1. The molecule has 0 bridgehead atoms. The van der Waals surface area contributed by atoms with Gasteiger partial charge in [-0.25, -0.2) is 0 Å². The van der Waals surface area contributed by atoms with E-state index in [1.807, 2.05) is 30.3 Å². The molecule has 0 saturated heterocycles. The quantitative estimate of drug-likeness (QED) is 0.793. The van der Waals surface area contributed by atoms with E-state index in [4.69, 9.17) is 0 Å². The Morgan fingerprint density at radius 1 is 1.25 bits per heavy atom. The van der Waals surface area contributed by atoms with E-state index in [-0.39, 0.29) is 5.91 Å². The van der Waals surface area contributed by atoms with Crippen LogP contribution in [0.1, 0.15) is 19.3 Å². The lowest BCUT2D eigenvalue weighted by Gasteiger charge is -2.25. The molecule has 1 aromatic rings. The summed E-state index contributed by atoms with van der Waals surface area (Å²) in [6, 6.07) is 9.55. The first-order chi connectivity index (χ1) is 7.84. The maximum atomic E-state index is 11.5. The summed E-state index contributed by atoms with van der Waals surface area (Å²) in [5, 5.41) is 6.05. The zero-order valence-electron chi connectivity index (χ0n) is 9.41. The number of amides is 1. The van der Waals surface area contributed by atoms with Gasteiger partial charge < -0.3 is 10.6 Å². The lowest BCUT2D eigenvalue weighted by molar-refractivity contribution is -0.115. The van der Waals surface area contributed by atoms with Crippen molar-refractivity contribution in [3.05, 3.63) is 30.3 Å². The Bertz CT molecular complexity index is 333. The van der Waals surface area contributed by atoms with Crippen molar-refractivity contribution in [1.29, 1.82) is 0 Å². The van der Waals surface area contributed by atoms with Crippen molar-refractivity contribution in [2.45, 2.75) is 19.3 Å². The summed E-state index contributed by atoms with van der Waals surface area (Å²) < 4.78 is 0. The number of hydrogen-bond acceptors (Lipinski definition) is 2. The zero-order valence-corrected chi connectivity index (χ0v) is 9.41. The summed E-state index contributed by atoms with van der Waals surface area (Å²) in [5.41, 5.74) is 0.859. The third kappa shape index (κ3) is 3.35. The van der Waals surface area contributed by atoms with Crippen LogP contribution in [0.3, 0.4) is 0 Å². The van der Waals surface area contributed by atoms with Gasteiger partial charge in [0.15, 0.2) is 0 Å². The van der Waals surface area contributed by atoms with Crippen LogP contribution in [0, 0.1) is 5.92 Å². The van der Waals surface area contributed by atoms with Gasteiger partial charge in [0.1, 0.15) is 0 Å². The number of anilines is 1. The molecule has 0 unspecified atom stereocenters. The van der Waals surface area contributed by atoms with Crippen molar-refractivity contribution in [3.8, 4) is 0 Å². The highest BCUT2D eigenvalue weighted by molar-refractivity contribution is 5.92. The van der Waals surface area contributed by atoms with Crippen molar-refractivity contribution in [2.24, 2.45) is 5.92 Å². The number of carbonyl (C=O) groups excluding carboxylic acids is 1. The smallest absolute Gasteiger partial charge is 0.238 e. The van der Waals surface area contributed by atoms with Crippen LogP contribution in [-0.2, 0) is 4.79 Å². The Balaban J connectivity index is 1.64. The van der Waals surface area contributed by atoms with Crippen molar-refractivity contribution >= 4 is 11.6 Å². The van der Waals surface area contributed by atoms with Gasteiger partial charge in [-0.15, -0.1) is 0 Å². The van der Waals surface area contributed by atoms with E-state index in [0.717, 1.165) is 18.2 Å². The van der Waals surface area contributed by atoms with E-state index in [1.54, 1.807) is 0 Å². The minimum atomic E-state index is 0.0329. The monoisotopic (exact) mass is 218 g/mol. The van der Waals surface area contributed by atoms with E-state index in [0.29, 0.717) is 6.54 Å². The Kier molecular flexibility index (Phi) is 3.94. The fraction of sp³-hybridized carbons (Fsp3) is 0.462. The predicted molar refractivity (Wildman–Crippen MR) is 65.3 cm³/mol. The molecule has 0 aliphatic heterocycles. The summed E-state index contributed by atoms with van der Waals surface area (Å²) in [6.07, 6.45) is 3.98. The summed E-state index contributed by atoms with van der Waals surface area (Å²) in [6.45, 7) is 1.38. The molecule has 0 atom stereocenters.